The number of carbonyl (C=O) groups excluding carboxylic acids is 2. The molecule has 59 heavy (non-hydrogen) atoms. The molecule has 16 heteroatoms. The van der Waals surface area contributed by atoms with Gasteiger partial charge in [0.15, 0.2) is 12.4 Å². The predicted molar refractivity (Wildman–Crippen MR) is 214 cm³/mol. The number of aliphatic hydroxyl groups excluding tert-OH is 7. The van der Waals surface area contributed by atoms with E-state index in [4.69, 9.17) is 23.7 Å². The Morgan fingerprint density at radius 1 is 0.814 bits per heavy atom. The molecule has 11 unspecified atom stereocenters. The number of carbonyl (C=O) groups is 2. The molecule has 3 rings (SSSR count). The van der Waals surface area contributed by atoms with E-state index < -0.39 is 105 Å². The van der Waals surface area contributed by atoms with Gasteiger partial charge in [-0.2, -0.15) is 0 Å². The molecule has 0 saturated carbocycles. The van der Waals surface area contributed by atoms with Crippen molar-refractivity contribution in [1.29, 1.82) is 0 Å². The largest absolute Gasteiger partial charge is 0.508 e. The molecule has 1 aromatic rings. The maximum absolute atomic E-state index is 13.3. The summed E-state index contributed by atoms with van der Waals surface area (Å²) in [5.41, 5.74) is 0.134. The van der Waals surface area contributed by atoms with Crippen molar-refractivity contribution in [3.8, 4) is 11.5 Å². The first-order chi connectivity index (χ1) is 28.4. The molecule has 0 aromatic heterocycles. The number of benzene rings is 1. The first kappa shape index (κ1) is 49.2. The van der Waals surface area contributed by atoms with Crippen LogP contribution in [0.25, 0.3) is 0 Å². The zero-order valence-corrected chi connectivity index (χ0v) is 33.4. The van der Waals surface area contributed by atoms with E-state index in [0.29, 0.717) is 0 Å². The molecule has 0 radical (unpaired) electrons. The van der Waals surface area contributed by atoms with E-state index in [1.165, 1.54) is 24.3 Å². The lowest BCUT2D eigenvalue weighted by atomic mass is 9.86. The second kappa shape index (κ2) is 26.1. The minimum Gasteiger partial charge on any atom is -0.508 e. The van der Waals surface area contributed by atoms with E-state index >= 15 is 0 Å². The highest BCUT2D eigenvalue weighted by Gasteiger charge is 2.53. The van der Waals surface area contributed by atoms with Crippen LogP contribution < -0.4 is 0 Å². The van der Waals surface area contributed by atoms with Crippen molar-refractivity contribution in [2.75, 3.05) is 19.8 Å². The Balaban J connectivity index is 1.89. The van der Waals surface area contributed by atoms with E-state index in [1.807, 2.05) is 13.0 Å². The van der Waals surface area contributed by atoms with Gasteiger partial charge in [0.2, 0.25) is 0 Å². The van der Waals surface area contributed by atoms with Crippen LogP contribution in [0.3, 0.4) is 0 Å². The number of allylic oxidation sites excluding steroid dienone is 8. The standard InChI is InChI=1S/C43H60O16/c1-3-5-7-8-9-10-14-18-33(49)55-26-32-36(51)37(52)38(53)43(57-32)59-40-31(21-23-45)56-41(35-27(20-22-44)24-29(47)25-30(35)48)39(54)42(40)58-34(50)19-15-11-13-17-28(46)16-12-6-4-2/h4,6,9-16,18-19,24-25,28,31-32,36-48,51-54H,3,5,7-8,17,20-23,26H2,1-2H3/b6-4?,10-9?,13-11?,16-12?,18-14+,19-15?. The molecular weight excluding hydrogens is 772 g/mol. The summed E-state index contributed by atoms with van der Waals surface area (Å²) in [6, 6.07) is 2.24. The fourth-order valence-corrected chi connectivity index (χ4v) is 6.50. The van der Waals surface area contributed by atoms with Crippen LogP contribution in [0.2, 0.25) is 0 Å². The topological polar surface area (TPSA) is 262 Å². The fourth-order valence-electron chi connectivity index (χ4n) is 6.50. The number of esters is 2. The van der Waals surface area contributed by atoms with Crippen LogP contribution in [0, 0.1) is 0 Å². The summed E-state index contributed by atoms with van der Waals surface area (Å²) in [4.78, 5) is 25.7. The second-order valence-corrected chi connectivity index (χ2v) is 14.0. The van der Waals surface area contributed by atoms with Crippen molar-refractivity contribution in [1.82, 2.24) is 0 Å². The minimum absolute atomic E-state index is 0.0530. The number of ether oxygens (including phenoxy) is 5. The molecule has 16 nitrogen and oxygen atoms in total. The first-order valence-corrected chi connectivity index (χ1v) is 19.8. The van der Waals surface area contributed by atoms with Crippen molar-refractivity contribution < 1.29 is 79.2 Å². The molecule has 0 aliphatic carbocycles. The molecule has 2 fully saturated rings. The Hall–Kier alpha value is -4.20. The molecule has 1 aromatic carbocycles. The van der Waals surface area contributed by atoms with Crippen LogP contribution in [-0.4, -0.2) is 139 Å². The maximum Gasteiger partial charge on any atom is 0.331 e. The van der Waals surface area contributed by atoms with Gasteiger partial charge in [-0.05, 0) is 50.7 Å². The molecule has 0 spiro atoms. The summed E-state index contributed by atoms with van der Waals surface area (Å²) >= 11 is 0. The number of aliphatic hydroxyl groups is 7. The lowest BCUT2D eigenvalue weighted by Gasteiger charge is -2.47. The number of unbranched alkanes of at least 4 members (excludes halogenated alkanes) is 3. The van der Waals surface area contributed by atoms with E-state index in [0.717, 1.165) is 43.9 Å². The molecule has 328 valence electrons. The number of phenols is 2. The third kappa shape index (κ3) is 15.4. The van der Waals surface area contributed by atoms with Crippen LogP contribution in [0.1, 0.15) is 69.6 Å². The van der Waals surface area contributed by atoms with Crippen LogP contribution in [0.15, 0.2) is 85.0 Å². The number of phenolic OH excluding ortho intramolecular Hbond substituents is 2. The van der Waals surface area contributed by atoms with Gasteiger partial charge in [-0.15, -0.1) is 0 Å². The normalized spacial score (nSPS) is 28.5. The first-order valence-electron chi connectivity index (χ1n) is 19.8. The second-order valence-electron chi connectivity index (χ2n) is 14.0. The average Bonchev–Trinajstić information content (AvgIpc) is 3.19. The van der Waals surface area contributed by atoms with E-state index in [1.54, 1.807) is 36.5 Å². The summed E-state index contributed by atoms with van der Waals surface area (Å²) in [5.74, 6) is -2.63. The Kier molecular flexibility index (Phi) is 21.8. The van der Waals surface area contributed by atoms with Gasteiger partial charge in [0.25, 0.3) is 0 Å². The van der Waals surface area contributed by atoms with E-state index in [-0.39, 0.29) is 36.1 Å². The monoisotopic (exact) mass is 832 g/mol. The average molecular weight is 833 g/mol. The molecule has 2 saturated heterocycles. The van der Waals surface area contributed by atoms with Crippen LogP contribution in [0.5, 0.6) is 11.5 Å². The predicted octanol–water partition coefficient (Wildman–Crippen LogP) is 2.15. The smallest absolute Gasteiger partial charge is 0.331 e. The Morgan fingerprint density at radius 2 is 1.54 bits per heavy atom. The van der Waals surface area contributed by atoms with Crippen LogP contribution in [-0.2, 0) is 39.7 Å². The number of rotatable bonds is 22. The SMILES string of the molecule is CC=CC=CC(O)CC=CC=CC(=O)OC1C(O)C(c2c(O)cc(O)cc2CCO)OC(CCO)C1OC1OC(COC(=O)/C=C/C=CCCCCC)C(O)C(O)C1O. The zero-order chi connectivity index (χ0) is 43.3. The van der Waals surface area contributed by atoms with Crippen LogP contribution >= 0.6 is 0 Å². The highest BCUT2D eigenvalue weighted by molar-refractivity contribution is 5.82. The molecular formula is C43H60O16. The molecule has 11 atom stereocenters. The Bertz CT molecular complexity index is 1620. The van der Waals surface area contributed by atoms with Crippen molar-refractivity contribution in [2.24, 2.45) is 0 Å². The molecule has 9 N–H and O–H groups in total. The lowest BCUT2D eigenvalue weighted by molar-refractivity contribution is -0.342. The number of hydrogen-bond donors (Lipinski definition) is 9. The van der Waals surface area contributed by atoms with Gasteiger partial charge in [-0.25, -0.2) is 9.59 Å². The van der Waals surface area contributed by atoms with Crippen molar-refractivity contribution in [3.05, 3.63) is 96.2 Å². The lowest BCUT2D eigenvalue weighted by Crippen LogP contribution is -2.63. The summed E-state index contributed by atoms with van der Waals surface area (Å²) < 4.78 is 29.0. The van der Waals surface area contributed by atoms with E-state index in [2.05, 4.69) is 6.92 Å². The highest BCUT2D eigenvalue weighted by atomic mass is 16.7. The third-order valence-electron chi connectivity index (χ3n) is 9.52. The number of aromatic hydroxyl groups is 2. The Labute approximate surface area is 344 Å². The molecule has 2 heterocycles. The van der Waals surface area contributed by atoms with Gasteiger partial charge in [0, 0.05) is 37.0 Å². The maximum atomic E-state index is 13.3. The quantitative estimate of drug-likeness (QED) is 0.0351. The minimum atomic E-state index is -1.93. The molecule has 0 amide bonds. The van der Waals surface area contributed by atoms with Gasteiger partial charge in [-0.1, -0.05) is 80.5 Å². The highest BCUT2D eigenvalue weighted by Crippen LogP contribution is 2.43. The fraction of sp³-hybridized carbons (Fsp3) is 0.535. The van der Waals surface area contributed by atoms with Gasteiger partial charge in [-0.3, -0.25) is 0 Å². The van der Waals surface area contributed by atoms with Crippen LogP contribution in [0.4, 0.5) is 0 Å². The summed E-state index contributed by atoms with van der Waals surface area (Å²) in [7, 11) is 0. The van der Waals surface area contributed by atoms with E-state index in [9.17, 15) is 55.5 Å². The summed E-state index contributed by atoms with van der Waals surface area (Å²) in [6.45, 7) is 2.40. The summed E-state index contributed by atoms with van der Waals surface area (Å²) in [5, 5.41) is 95.3. The van der Waals surface area contributed by atoms with Crippen molar-refractivity contribution in [3.63, 3.8) is 0 Å². The van der Waals surface area contributed by atoms with Gasteiger partial charge >= 0.3 is 11.9 Å². The molecule has 2 aliphatic rings. The Morgan fingerprint density at radius 3 is 2.24 bits per heavy atom. The van der Waals surface area contributed by atoms with Gasteiger partial charge < -0.3 is 69.6 Å². The summed E-state index contributed by atoms with van der Waals surface area (Å²) in [6.07, 6.45) is 5.02. The number of hydrogen-bond acceptors (Lipinski definition) is 16. The van der Waals surface area contributed by atoms with Gasteiger partial charge in [0.05, 0.1) is 12.2 Å². The van der Waals surface area contributed by atoms with Crippen molar-refractivity contribution >= 4 is 11.9 Å². The van der Waals surface area contributed by atoms with Crippen molar-refractivity contribution in [2.45, 2.75) is 126 Å². The third-order valence-corrected chi connectivity index (χ3v) is 9.52. The molecule has 2 aliphatic heterocycles. The zero-order valence-electron chi connectivity index (χ0n) is 33.4. The molecule has 0 bridgehead atoms. The van der Waals surface area contributed by atoms with Gasteiger partial charge in [0.1, 0.15) is 60.8 Å².